The minimum absolute atomic E-state index is 0.592. The number of benzene rings is 7. The van der Waals surface area contributed by atoms with Gasteiger partial charge in [0.2, 0.25) is 0 Å². The van der Waals surface area contributed by atoms with Gasteiger partial charge < -0.3 is 4.42 Å². The fourth-order valence-corrected chi connectivity index (χ4v) is 6.65. The lowest BCUT2D eigenvalue weighted by Gasteiger charge is -2.14. The van der Waals surface area contributed by atoms with E-state index >= 15 is 0 Å². The van der Waals surface area contributed by atoms with Crippen LogP contribution < -0.4 is 0 Å². The van der Waals surface area contributed by atoms with Gasteiger partial charge in [-0.1, -0.05) is 140 Å². The van der Waals surface area contributed by atoms with Crippen molar-refractivity contribution in [2.75, 3.05) is 0 Å². The number of nitrogens with zero attached hydrogens (tertiary/aromatic N) is 4. The molecular formula is C46H28N4O. The molecule has 0 saturated heterocycles. The average molecular weight is 653 g/mol. The van der Waals surface area contributed by atoms with Crippen molar-refractivity contribution >= 4 is 21.9 Å². The van der Waals surface area contributed by atoms with E-state index in [2.05, 4.69) is 66.7 Å². The Balaban J connectivity index is 1.21. The number of rotatable bonds is 6. The van der Waals surface area contributed by atoms with Crippen molar-refractivity contribution in [3.63, 3.8) is 0 Å². The summed E-state index contributed by atoms with van der Waals surface area (Å²) >= 11 is 0. The van der Waals surface area contributed by atoms with E-state index in [0.717, 1.165) is 72.0 Å². The van der Waals surface area contributed by atoms with Crippen molar-refractivity contribution in [1.29, 1.82) is 5.26 Å². The number of aromatic nitrogens is 3. The largest absolute Gasteiger partial charge is 0.455 e. The van der Waals surface area contributed by atoms with E-state index < -0.39 is 0 Å². The van der Waals surface area contributed by atoms with Crippen LogP contribution in [0.3, 0.4) is 0 Å². The van der Waals surface area contributed by atoms with Gasteiger partial charge in [0.1, 0.15) is 11.2 Å². The highest BCUT2D eigenvalue weighted by molar-refractivity contribution is 6.12. The van der Waals surface area contributed by atoms with E-state index in [1.54, 1.807) is 0 Å². The van der Waals surface area contributed by atoms with Crippen LogP contribution in [0.4, 0.5) is 0 Å². The number of hydrogen-bond donors (Lipinski definition) is 0. The van der Waals surface area contributed by atoms with Gasteiger partial charge in [0, 0.05) is 33.0 Å². The molecule has 0 amide bonds. The van der Waals surface area contributed by atoms with Crippen LogP contribution in [0.15, 0.2) is 174 Å². The standard InChI is InChI=1S/C46H28N4O/c47-29-30-18-20-31(21-19-30)32-22-24-33(25-23-32)38-26-27-40-39-16-7-8-17-41(39)51-43(40)42(38)36-14-9-15-37(28-36)46-49-44(34-10-3-1-4-11-34)48-45(50-46)35-12-5-2-6-13-35/h1-28H. The number of furan rings is 1. The van der Waals surface area contributed by atoms with Gasteiger partial charge in [0.25, 0.3) is 0 Å². The molecule has 238 valence electrons. The molecule has 0 unspecified atom stereocenters. The van der Waals surface area contributed by atoms with Crippen LogP contribution >= 0.6 is 0 Å². The first kappa shape index (κ1) is 29.9. The van der Waals surface area contributed by atoms with E-state index in [-0.39, 0.29) is 0 Å². The molecule has 0 spiro atoms. The second kappa shape index (κ2) is 12.7. The van der Waals surface area contributed by atoms with Gasteiger partial charge >= 0.3 is 0 Å². The Bertz CT molecular complexity index is 2670. The highest BCUT2D eigenvalue weighted by atomic mass is 16.3. The fourth-order valence-electron chi connectivity index (χ4n) is 6.65. The quantitative estimate of drug-likeness (QED) is 0.179. The molecule has 0 radical (unpaired) electrons. The third-order valence-electron chi connectivity index (χ3n) is 9.20. The van der Waals surface area contributed by atoms with Gasteiger partial charge in [-0.25, -0.2) is 15.0 Å². The molecule has 0 atom stereocenters. The molecule has 0 aliphatic carbocycles. The van der Waals surface area contributed by atoms with E-state index in [0.29, 0.717) is 23.0 Å². The molecule has 2 aromatic heterocycles. The maximum atomic E-state index is 9.24. The third-order valence-corrected chi connectivity index (χ3v) is 9.20. The lowest BCUT2D eigenvalue weighted by atomic mass is 9.91. The van der Waals surface area contributed by atoms with Crippen molar-refractivity contribution in [1.82, 2.24) is 15.0 Å². The Morgan fingerprint density at radius 3 is 1.59 bits per heavy atom. The summed E-state index contributed by atoms with van der Waals surface area (Å²) in [5, 5.41) is 11.4. The van der Waals surface area contributed by atoms with Gasteiger partial charge in [-0.2, -0.15) is 5.26 Å². The summed E-state index contributed by atoms with van der Waals surface area (Å²) in [6.45, 7) is 0. The zero-order chi connectivity index (χ0) is 34.1. The predicted octanol–water partition coefficient (Wildman–Crippen LogP) is 11.6. The second-order valence-electron chi connectivity index (χ2n) is 12.3. The Morgan fingerprint density at radius 2 is 0.941 bits per heavy atom. The molecule has 0 saturated carbocycles. The monoisotopic (exact) mass is 652 g/mol. The summed E-state index contributed by atoms with van der Waals surface area (Å²) < 4.78 is 6.65. The van der Waals surface area contributed by atoms with Crippen LogP contribution in [0.1, 0.15) is 5.56 Å². The summed E-state index contributed by atoms with van der Waals surface area (Å²) in [6, 6.07) is 59.3. The molecule has 9 aromatic rings. The molecule has 0 aliphatic rings. The van der Waals surface area contributed by atoms with Gasteiger partial charge in [0.05, 0.1) is 11.6 Å². The summed E-state index contributed by atoms with van der Waals surface area (Å²) in [7, 11) is 0. The number of fused-ring (bicyclic) bond motifs is 3. The fraction of sp³-hybridized carbons (Fsp3) is 0. The lowest BCUT2D eigenvalue weighted by molar-refractivity contribution is 0.670. The Kier molecular flexibility index (Phi) is 7.46. The minimum atomic E-state index is 0.592. The molecule has 9 rings (SSSR count). The average Bonchev–Trinajstić information content (AvgIpc) is 3.60. The van der Waals surface area contributed by atoms with E-state index in [4.69, 9.17) is 19.4 Å². The topological polar surface area (TPSA) is 75.6 Å². The summed E-state index contributed by atoms with van der Waals surface area (Å²) in [5.41, 5.74) is 11.3. The Hall–Kier alpha value is -7.16. The maximum Gasteiger partial charge on any atom is 0.164 e. The Morgan fingerprint density at radius 1 is 0.412 bits per heavy atom. The molecule has 0 N–H and O–H groups in total. The summed E-state index contributed by atoms with van der Waals surface area (Å²) in [6.07, 6.45) is 0. The SMILES string of the molecule is N#Cc1ccc(-c2ccc(-c3ccc4c(oc5ccccc54)c3-c3cccc(-c4nc(-c5ccccc5)nc(-c5ccccc5)n4)c3)cc2)cc1. The van der Waals surface area contributed by atoms with Crippen molar-refractivity contribution in [3.05, 3.63) is 175 Å². The number of hydrogen-bond acceptors (Lipinski definition) is 5. The van der Waals surface area contributed by atoms with Crippen LogP contribution in [0, 0.1) is 11.3 Å². The van der Waals surface area contributed by atoms with Crippen molar-refractivity contribution in [3.8, 4) is 73.6 Å². The molecule has 2 heterocycles. The first-order valence-corrected chi connectivity index (χ1v) is 16.7. The van der Waals surface area contributed by atoms with Crippen LogP contribution in [-0.2, 0) is 0 Å². The molecule has 0 aliphatic heterocycles. The first-order chi connectivity index (χ1) is 25.2. The normalized spacial score (nSPS) is 11.1. The van der Waals surface area contributed by atoms with Crippen LogP contribution in [0.25, 0.3) is 89.5 Å². The maximum absolute atomic E-state index is 9.24. The molecule has 7 aromatic carbocycles. The van der Waals surface area contributed by atoms with Crippen LogP contribution in [0.5, 0.6) is 0 Å². The van der Waals surface area contributed by atoms with Gasteiger partial charge in [-0.05, 0) is 58.1 Å². The van der Waals surface area contributed by atoms with Gasteiger partial charge in [-0.15, -0.1) is 0 Å². The Labute approximate surface area is 294 Å². The molecule has 5 nitrogen and oxygen atoms in total. The highest BCUT2D eigenvalue weighted by Gasteiger charge is 2.19. The van der Waals surface area contributed by atoms with E-state index in [1.165, 1.54) is 0 Å². The van der Waals surface area contributed by atoms with Crippen molar-refractivity contribution in [2.24, 2.45) is 0 Å². The van der Waals surface area contributed by atoms with E-state index in [9.17, 15) is 5.26 Å². The predicted molar refractivity (Wildman–Crippen MR) is 204 cm³/mol. The summed E-state index contributed by atoms with van der Waals surface area (Å²) in [5.74, 6) is 1.83. The van der Waals surface area contributed by atoms with E-state index in [1.807, 2.05) is 109 Å². The van der Waals surface area contributed by atoms with Crippen molar-refractivity contribution in [2.45, 2.75) is 0 Å². The molecule has 5 heteroatoms. The smallest absolute Gasteiger partial charge is 0.164 e. The van der Waals surface area contributed by atoms with Gasteiger partial charge in [0.15, 0.2) is 17.5 Å². The second-order valence-corrected chi connectivity index (χ2v) is 12.3. The number of nitriles is 1. The minimum Gasteiger partial charge on any atom is -0.455 e. The zero-order valence-corrected chi connectivity index (χ0v) is 27.4. The molecule has 0 fully saturated rings. The van der Waals surface area contributed by atoms with Crippen molar-refractivity contribution < 1.29 is 4.42 Å². The highest BCUT2D eigenvalue weighted by Crippen LogP contribution is 2.43. The van der Waals surface area contributed by atoms with Crippen LogP contribution in [-0.4, -0.2) is 15.0 Å². The van der Waals surface area contributed by atoms with Crippen LogP contribution in [0.2, 0.25) is 0 Å². The first-order valence-electron chi connectivity index (χ1n) is 16.7. The lowest BCUT2D eigenvalue weighted by Crippen LogP contribution is -2.00. The third kappa shape index (κ3) is 5.61. The number of para-hydroxylation sites is 1. The summed E-state index contributed by atoms with van der Waals surface area (Å²) in [4.78, 5) is 14.9. The van der Waals surface area contributed by atoms with Gasteiger partial charge in [-0.3, -0.25) is 0 Å². The molecule has 51 heavy (non-hydrogen) atoms. The zero-order valence-electron chi connectivity index (χ0n) is 27.4. The molecular weight excluding hydrogens is 625 g/mol. The molecule has 0 bridgehead atoms.